The van der Waals surface area contributed by atoms with Gasteiger partial charge in [0.25, 0.3) is 0 Å². The molecular weight excluding hydrogens is 262 g/mol. The first-order chi connectivity index (χ1) is 10.2. The summed E-state index contributed by atoms with van der Waals surface area (Å²) in [4.78, 5) is 2.58. The van der Waals surface area contributed by atoms with Gasteiger partial charge in [-0.15, -0.1) is 0 Å². The summed E-state index contributed by atoms with van der Waals surface area (Å²) in [5.74, 6) is 0.541. The molecule has 2 heterocycles. The summed E-state index contributed by atoms with van der Waals surface area (Å²) in [6.45, 7) is 2.54. The van der Waals surface area contributed by atoms with Crippen molar-refractivity contribution in [3.63, 3.8) is 0 Å². The van der Waals surface area contributed by atoms with Crippen LogP contribution in [-0.4, -0.2) is 40.9 Å². The molecule has 1 saturated carbocycles. The van der Waals surface area contributed by atoms with Crippen LogP contribution in [0.25, 0.3) is 0 Å². The maximum atomic E-state index is 11.1. The molecule has 0 spiro atoms. The van der Waals surface area contributed by atoms with Crippen molar-refractivity contribution in [3.8, 4) is 0 Å². The van der Waals surface area contributed by atoms with Gasteiger partial charge in [0, 0.05) is 18.6 Å². The van der Waals surface area contributed by atoms with Crippen molar-refractivity contribution in [1.29, 1.82) is 0 Å². The summed E-state index contributed by atoms with van der Waals surface area (Å²) in [6.07, 6.45) is 5.51. The molecule has 3 fully saturated rings. The zero-order chi connectivity index (χ0) is 14.3. The summed E-state index contributed by atoms with van der Waals surface area (Å²) >= 11 is 0. The molecule has 2 unspecified atom stereocenters. The molecule has 4 rings (SSSR count). The van der Waals surface area contributed by atoms with Gasteiger partial charge >= 0.3 is 0 Å². The number of nitrogens with zero attached hydrogens (tertiary/aromatic N) is 1. The number of fused-ring (bicyclic) bond motifs is 2. The van der Waals surface area contributed by atoms with Crippen LogP contribution in [0.15, 0.2) is 30.3 Å². The lowest BCUT2D eigenvalue weighted by Crippen LogP contribution is -2.63. The van der Waals surface area contributed by atoms with E-state index in [0.717, 1.165) is 32.6 Å². The van der Waals surface area contributed by atoms with Gasteiger partial charge in [0.15, 0.2) is 0 Å². The fourth-order valence-corrected chi connectivity index (χ4v) is 4.41. The highest BCUT2D eigenvalue weighted by molar-refractivity contribution is 5.16. The Morgan fingerprint density at radius 3 is 2.33 bits per heavy atom. The van der Waals surface area contributed by atoms with Crippen molar-refractivity contribution >= 4 is 0 Å². The Morgan fingerprint density at radius 2 is 1.76 bits per heavy atom. The van der Waals surface area contributed by atoms with Gasteiger partial charge in [-0.25, -0.2) is 0 Å². The summed E-state index contributed by atoms with van der Waals surface area (Å²) in [5.41, 5.74) is 0.938. The Bertz CT molecular complexity index is 471. The fourth-order valence-electron chi connectivity index (χ4n) is 4.41. The summed E-state index contributed by atoms with van der Waals surface area (Å²) in [5, 5.41) is 11.1. The predicted octanol–water partition coefficient (Wildman–Crippen LogP) is 2.58. The van der Waals surface area contributed by atoms with E-state index < -0.39 is 5.60 Å². The van der Waals surface area contributed by atoms with E-state index in [-0.39, 0.29) is 0 Å². The van der Waals surface area contributed by atoms with Gasteiger partial charge in [0.05, 0.1) is 18.8 Å². The zero-order valence-electron chi connectivity index (χ0n) is 12.6. The highest BCUT2D eigenvalue weighted by atomic mass is 16.5. The van der Waals surface area contributed by atoms with E-state index in [1.54, 1.807) is 0 Å². The molecular formula is C18H25NO2. The number of ether oxygens (including phenoxy) is 1. The van der Waals surface area contributed by atoms with E-state index in [9.17, 15) is 5.11 Å². The number of hydrogen-bond acceptors (Lipinski definition) is 3. The molecule has 3 aliphatic rings. The maximum Gasteiger partial charge on any atom is 0.0707 e. The minimum absolute atomic E-state index is 0.378. The van der Waals surface area contributed by atoms with E-state index in [1.807, 2.05) is 0 Å². The van der Waals surface area contributed by atoms with Crippen molar-refractivity contribution in [2.75, 3.05) is 13.2 Å². The fraction of sp³-hybridized carbons (Fsp3) is 0.667. The third-order valence-corrected chi connectivity index (χ3v) is 5.81. The Hall–Kier alpha value is -0.900. The highest BCUT2D eigenvalue weighted by Crippen LogP contribution is 2.46. The lowest BCUT2D eigenvalue weighted by molar-refractivity contribution is -0.174. The normalized spacial score (nSPS) is 37.2. The second-order valence-electron chi connectivity index (χ2n) is 7.14. The van der Waals surface area contributed by atoms with Crippen LogP contribution in [-0.2, 0) is 11.3 Å². The Kier molecular flexibility index (Phi) is 3.52. The average Bonchev–Trinajstić information content (AvgIpc) is 2.39. The van der Waals surface area contributed by atoms with Crippen molar-refractivity contribution in [3.05, 3.63) is 35.9 Å². The Labute approximate surface area is 126 Å². The van der Waals surface area contributed by atoms with Gasteiger partial charge < -0.3 is 9.84 Å². The standard InChI is InChI=1S/C18H25NO2/c20-18(15-7-4-8-15)9-16-12-21-13-17(10-18)19(16)11-14-5-2-1-3-6-14/h1-3,5-6,15-17,20H,4,7-13H2. The van der Waals surface area contributed by atoms with Gasteiger partial charge in [-0.1, -0.05) is 36.8 Å². The lowest BCUT2D eigenvalue weighted by Gasteiger charge is -2.55. The van der Waals surface area contributed by atoms with Crippen LogP contribution in [0.2, 0.25) is 0 Å². The van der Waals surface area contributed by atoms with Gasteiger partial charge in [-0.3, -0.25) is 4.90 Å². The molecule has 2 atom stereocenters. The van der Waals surface area contributed by atoms with Gasteiger partial charge in [-0.05, 0) is 37.2 Å². The van der Waals surface area contributed by atoms with E-state index in [1.165, 1.54) is 24.8 Å². The highest BCUT2D eigenvalue weighted by Gasteiger charge is 2.50. The van der Waals surface area contributed by atoms with Crippen LogP contribution in [0.1, 0.15) is 37.7 Å². The maximum absolute atomic E-state index is 11.1. The van der Waals surface area contributed by atoms with Crippen LogP contribution < -0.4 is 0 Å². The third-order valence-electron chi connectivity index (χ3n) is 5.81. The summed E-state index contributed by atoms with van der Waals surface area (Å²) in [6, 6.07) is 11.4. The first-order valence-electron chi connectivity index (χ1n) is 8.34. The second kappa shape index (κ2) is 5.38. The van der Waals surface area contributed by atoms with Crippen molar-refractivity contribution < 1.29 is 9.84 Å². The number of morpholine rings is 1. The van der Waals surface area contributed by atoms with Crippen LogP contribution in [0.4, 0.5) is 0 Å². The topological polar surface area (TPSA) is 32.7 Å². The van der Waals surface area contributed by atoms with E-state index >= 15 is 0 Å². The number of hydrogen-bond donors (Lipinski definition) is 1. The largest absolute Gasteiger partial charge is 0.389 e. The first kappa shape index (κ1) is 13.7. The van der Waals surface area contributed by atoms with Crippen LogP contribution in [0, 0.1) is 5.92 Å². The molecule has 1 aromatic carbocycles. The van der Waals surface area contributed by atoms with Gasteiger partial charge in [0.2, 0.25) is 0 Å². The number of aliphatic hydroxyl groups is 1. The number of benzene rings is 1. The average molecular weight is 287 g/mol. The molecule has 0 aromatic heterocycles. The van der Waals surface area contributed by atoms with E-state index in [0.29, 0.717) is 18.0 Å². The number of piperidine rings is 1. The molecule has 0 radical (unpaired) electrons. The summed E-state index contributed by atoms with van der Waals surface area (Å²) < 4.78 is 5.78. The minimum atomic E-state index is -0.426. The SMILES string of the molecule is OC1(C2CCC2)CC2COCC(C1)N2Cc1ccccc1. The van der Waals surface area contributed by atoms with Crippen molar-refractivity contribution in [2.45, 2.75) is 56.3 Å². The van der Waals surface area contributed by atoms with Crippen molar-refractivity contribution in [2.24, 2.45) is 5.92 Å². The molecule has 0 amide bonds. The Balaban J connectivity index is 1.51. The molecule has 2 bridgehead atoms. The van der Waals surface area contributed by atoms with Crippen molar-refractivity contribution in [1.82, 2.24) is 4.90 Å². The second-order valence-corrected chi connectivity index (χ2v) is 7.14. The summed E-state index contributed by atoms with van der Waals surface area (Å²) in [7, 11) is 0. The molecule has 21 heavy (non-hydrogen) atoms. The monoisotopic (exact) mass is 287 g/mol. The molecule has 3 heteroatoms. The molecule has 2 saturated heterocycles. The lowest BCUT2D eigenvalue weighted by atomic mass is 9.65. The van der Waals surface area contributed by atoms with Gasteiger partial charge in [0.1, 0.15) is 0 Å². The molecule has 3 nitrogen and oxygen atoms in total. The van der Waals surface area contributed by atoms with E-state index in [4.69, 9.17) is 4.74 Å². The Morgan fingerprint density at radius 1 is 1.10 bits per heavy atom. The zero-order valence-corrected chi connectivity index (χ0v) is 12.6. The number of rotatable bonds is 3. The van der Waals surface area contributed by atoms with Crippen LogP contribution in [0.3, 0.4) is 0 Å². The molecule has 1 aliphatic carbocycles. The van der Waals surface area contributed by atoms with Crippen LogP contribution >= 0.6 is 0 Å². The third kappa shape index (κ3) is 2.52. The first-order valence-corrected chi connectivity index (χ1v) is 8.34. The van der Waals surface area contributed by atoms with Gasteiger partial charge in [-0.2, -0.15) is 0 Å². The van der Waals surface area contributed by atoms with E-state index in [2.05, 4.69) is 35.2 Å². The molecule has 1 aromatic rings. The quantitative estimate of drug-likeness (QED) is 0.927. The molecule has 2 aliphatic heterocycles. The van der Waals surface area contributed by atoms with Crippen LogP contribution in [0.5, 0.6) is 0 Å². The molecule has 114 valence electrons. The minimum Gasteiger partial charge on any atom is -0.389 e. The smallest absolute Gasteiger partial charge is 0.0707 e. The molecule has 1 N–H and O–H groups in total. The predicted molar refractivity (Wildman–Crippen MR) is 81.9 cm³/mol.